The molecule has 1 saturated heterocycles. The molecule has 3 nitrogen and oxygen atoms in total. The van der Waals surface area contributed by atoms with Gasteiger partial charge in [0.1, 0.15) is 0 Å². The quantitative estimate of drug-likeness (QED) is 0.818. The van der Waals surface area contributed by atoms with Crippen LogP contribution in [0.15, 0.2) is 18.5 Å². The molecule has 0 spiro atoms. The van der Waals surface area contributed by atoms with E-state index in [9.17, 15) is 0 Å². The van der Waals surface area contributed by atoms with Crippen LogP contribution >= 0.6 is 0 Å². The molecule has 1 aliphatic rings. The normalized spacial score (nSPS) is 26.9. The molecule has 0 amide bonds. The second-order valence-corrected chi connectivity index (χ2v) is 5.03. The Bertz CT molecular complexity index is 341. The molecule has 1 aliphatic heterocycles. The minimum atomic E-state index is 0.585. The van der Waals surface area contributed by atoms with Crippen molar-refractivity contribution >= 4 is 0 Å². The Labute approximate surface area is 97.9 Å². The van der Waals surface area contributed by atoms with Gasteiger partial charge in [-0.3, -0.25) is 9.88 Å². The predicted molar refractivity (Wildman–Crippen MR) is 66.3 cm³/mol. The maximum atomic E-state index is 4.25. The number of pyridine rings is 1. The number of piperazine rings is 1. The van der Waals surface area contributed by atoms with E-state index in [1.807, 2.05) is 12.4 Å². The fourth-order valence-corrected chi connectivity index (χ4v) is 2.53. The zero-order valence-corrected chi connectivity index (χ0v) is 10.4. The van der Waals surface area contributed by atoms with Crippen molar-refractivity contribution < 1.29 is 0 Å². The second kappa shape index (κ2) is 4.93. The standard InChI is InChI=1S/C13H21N3/c1-10-4-13(6-14-5-10)9-16-7-11(2)15-12(3)8-16/h4-6,11-12,15H,7-9H2,1-3H3. The van der Waals surface area contributed by atoms with Crippen molar-refractivity contribution in [3.05, 3.63) is 29.6 Å². The van der Waals surface area contributed by atoms with E-state index in [4.69, 9.17) is 0 Å². The number of hydrogen-bond donors (Lipinski definition) is 1. The molecule has 0 saturated carbocycles. The first-order valence-corrected chi connectivity index (χ1v) is 6.02. The number of nitrogens with one attached hydrogen (secondary N) is 1. The lowest BCUT2D eigenvalue weighted by molar-refractivity contribution is 0.166. The molecule has 2 atom stereocenters. The lowest BCUT2D eigenvalue weighted by Gasteiger charge is -2.36. The SMILES string of the molecule is Cc1cncc(CN2CC(C)NC(C)C2)c1. The Morgan fingerprint density at radius 1 is 1.31 bits per heavy atom. The van der Waals surface area contributed by atoms with Gasteiger partial charge in [0.15, 0.2) is 0 Å². The third kappa shape index (κ3) is 3.03. The molecular formula is C13H21N3. The van der Waals surface area contributed by atoms with Gasteiger partial charge in [-0.15, -0.1) is 0 Å². The minimum absolute atomic E-state index is 0.585. The summed E-state index contributed by atoms with van der Waals surface area (Å²) in [5, 5.41) is 3.55. The molecule has 1 N–H and O–H groups in total. The summed E-state index contributed by atoms with van der Waals surface area (Å²) >= 11 is 0. The topological polar surface area (TPSA) is 28.2 Å². The van der Waals surface area contributed by atoms with Crippen molar-refractivity contribution in [3.8, 4) is 0 Å². The number of rotatable bonds is 2. The summed E-state index contributed by atoms with van der Waals surface area (Å²) in [5.41, 5.74) is 2.56. The maximum absolute atomic E-state index is 4.25. The van der Waals surface area contributed by atoms with E-state index in [1.165, 1.54) is 11.1 Å². The van der Waals surface area contributed by atoms with E-state index in [2.05, 4.69) is 42.0 Å². The summed E-state index contributed by atoms with van der Waals surface area (Å²) in [6.45, 7) is 9.86. The van der Waals surface area contributed by atoms with Gasteiger partial charge in [-0.25, -0.2) is 0 Å². The molecule has 16 heavy (non-hydrogen) atoms. The van der Waals surface area contributed by atoms with Crippen molar-refractivity contribution in [2.75, 3.05) is 13.1 Å². The Morgan fingerprint density at radius 3 is 2.62 bits per heavy atom. The Balaban J connectivity index is 1.98. The summed E-state index contributed by atoms with van der Waals surface area (Å²) in [7, 11) is 0. The van der Waals surface area contributed by atoms with Crippen LogP contribution in [-0.2, 0) is 6.54 Å². The average Bonchev–Trinajstić information content (AvgIpc) is 2.15. The molecule has 2 rings (SSSR count). The largest absolute Gasteiger partial charge is 0.309 e. The van der Waals surface area contributed by atoms with Crippen molar-refractivity contribution in [2.45, 2.75) is 39.4 Å². The smallest absolute Gasteiger partial charge is 0.0313 e. The lowest BCUT2D eigenvalue weighted by atomic mass is 10.1. The number of hydrogen-bond acceptors (Lipinski definition) is 3. The van der Waals surface area contributed by atoms with Crippen LogP contribution in [0.3, 0.4) is 0 Å². The lowest BCUT2D eigenvalue weighted by Crippen LogP contribution is -2.53. The van der Waals surface area contributed by atoms with Crippen LogP contribution in [0, 0.1) is 6.92 Å². The van der Waals surface area contributed by atoms with Crippen molar-refractivity contribution in [2.24, 2.45) is 0 Å². The predicted octanol–water partition coefficient (Wildman–Crippen LogP) is 1.57. The summed E-state index contributed by atoms with van der Waals surface area (Å²) in [4.78, 5) is 6.75. The Hall–Kier alpha value is -0.930. The highest BCUT2D eigenvalue weighted by atomic mass is 15.2. The molecule has 2 heterocycles. The summed E-state index contributed by atoms with van der Waals surface area (Å²) in [6.07, 6.45) is 3.89. The molecule has 1 aromatic heterocycles. The van der Waals surface area contributed by atoms with Gasteiger partial charge in [-0.2, -0.15) is 0 Å². The zero-order valence-electron chi connectivity index (χ0n) is 10.4. The maximum Gasteiger partial charge on any atom is 0.0313 e. The molecule has 0 aromatic carbocycles. The van der Waals surface area contributed by atoms with Gasteiger partial charge in [-0.05, 0) is 31.9 Å². The van der Waals surface area contributed by atoms with Crippen molar-refractivity contribution in [1.82, 2.24) is 15.2 Å². The highest BCUT2D eigenvalue weighted by Crippen LogP contribution is 2.10. The fourth-order valence-electron chi connectivity index (χ4n) is 2.53. The molecule has 1 fully saturated rings. The fraction of sp³-hybridized carbons (Fsp3) is 0.615. The van der Waals surface area contributed by atoms with Crippen LogP contribution in [0.5, 0.6) is 0 Å². The van der Waals surface area contributed by atoms with Crippen LogP contribution in [-0.4, -0.2) is 35.1 Å². The van der Waals surface area contributed by atoms with E-state index < -0.39 is 0 Å². The van der Waals surface area contributed by atoms with Gasteiger partial charge in [-0.1, -0.05) is 6.07 Å². The average molecular weight is 219 g/mol. The molecule has 0 radical (unpaired) electrons. The Kier molecular flexibility index (Phi) is 3.56. The van der Waals surface area contributed by atoms with Crippen LogP contribution in [0.25, 0.3) is 0 Å². The third-order valence-corrected chi connectivity index (χ3v) is 2.97. The zero-order chi connectivity index (χ0) is 11.5. The second-order valence-electron chi connectivity index (χ2n) is 5.03. The van der Waals surface area contributed by atoms with Crippen LogP contribution in [0.4, 0.5) is 0 Å². The molecule has 2 unspecified atom stereocenters. The van der Waals surface area contributed by atoms with Crippen LogP contribution in [0.2, 0.25) is 0 Å². The van der Waals surface area contributed by atoms with Gasteiger partial charge in [0, 0.05) is 44.1 Å². The monoisotopic (exact) mass is 219 g/mol. The van der Waals surface area contributed by atoms with E-state index >= 15 is 0 Å². The number of nitrogens with zero attached hydrogens (tertiary/aromatic N) is 2. The number of aryl methyl sites for hydroxylation is 1. The highest BCUT2D eigenvalue weighted by Gasteiger charge is 2.20. The van der Waals surface area contributed by atoms with Crippen LogP contribution in [0.1, 0.15) is 25.0 Å². The van der Waals surface area contributed by atoms with E-state index in [-0.39, 0.29) is 0 Å². The molecular weight excluding hydrogens is 198 g/mol. The van der Waals surface area contributed by atoms with Gasteiger partial charge in [0.2, 0.25) is 0 Å². The Morgan fingerprint density at radius 2 is 2.00 bits per heavy atom. The number of aromatic nitrogens is 1. The molecule has 88 valence electrons. The highest BCUT2D eigenvalue weighted by molar-refractivity contribution is 5.16. The molecule has 0 aliphatic carbocycles. The van der Waals surface area contributed by atoms with Crippen molar-refractivity contribution in [3.63, 3.8) is 0 Å². The van der Waals surface area contributed by atoms with Crippen molar-refractivity contribution in [1.29, 1.82) is 0 Å². The van der Waals surface area contributed by atoms with E-state index in [1.54, 1.807) is 0 Å². The van der Waals surface area contributed by atoms with Gasteiger partial charge in [0.05, 0.1) is 0 Å². The van der Waals surface area contributed by atoms with Gasteiger partial charge in [0.25, 0.3) is 0 Å². The van der Waals surface area contributed by atoms with E-state index in [0.717, 1.165) is 19.6 Å². The first kappa shape index (κ1) is 11.6. The van der Waals surface area contributed by atoms with Gasteiger partial charge >= 0.3 is 0 Å². The van der Waals surface area contributed by atoms with Crippen LogP contribution < -0.4 is 5.32 Å². The minimum Gasteiger partial charge on any atom is -0.309 e. The third-order valence-electron chi connectivity index (χ3n) is 2.97. The van der Waals surface area contributed by atoms with Gasteiger partial charge < -0.3 is 5.32 Å². The first-order valence-electron chi connectivity index (χ1n) is 6.02. The van der Waals surface area contributed by atoms with E-state index in [0.29, 0.717) is 12.1 Å². The molecule has 0 bridgehead atoms. The molecule has 3 heteroatoms. The summed E-state index contributed by atoms with van der Waals surface area (Å²) in [5.74, 6) is 0. The first-order chi connectivity index (χ1) is 7.63. The molecule has 1 aromatic rings. The summed E-state index contributed by atoms with van der Waals surface area (Å²) < 4.78 is 0. The summed E-state index contributed by atoms with van der Waals surface area (Å²) in [6, 6.07) is 3.40.